The molecule has 2 aliphatic heterocycles. The van der Waals surface area contributed by atoms with Crippen LogP contribution in [0.15, 0.2) is 42.5 Å². The zero-order valence-corrected chi connectivity index (χ0v) is 24.6. The van der Waals surface area contributed by atoms with Gasteiger partial charge in [-0.2, -0.15) is 0 Å². The lowest BCUT2D eigenvalue weighted by molar-refractivity contribution is -0.167. The van der Waals surface area contributed by atoms with Crippen LogP contribution in [0.1, 0.15) is 124 Å². The number of benzene rings is 2. The number of nitrogens with zero attached hydrogens (tertiary/aromatic N) is 2. The molecule has 8 saturated carbocycles. The average Bonchev–Trinajstić information content (AvgIpc) is 3.46. The molecule has 6 nitrogen and oxygen atoms in total. The lowest BCUT2D eigenvalue weighted by Gasteiger charge is -2.62. The Morgan fingerprint density at radius 2 is 1.16 bits per heavy atom. The first-order chi connectivity index (χ1) is 20.2. The molecule has 2 unspecified atom stereocenters. The van der Waals surface area contributed by atoms with E-state index in [1.165, 1.54) is 44.9 Å². The Hall–Kier alpha value is -2.86. The van der Waals surface area contributed by atoms with Gasteiger partial charge in [0.25, 0.3) is 11.8 Å². The van der Waals surface area contributed by atoms with Gasteiger partial charge in [0.2, 0.25) is 0 Å². The normalized spacial score (nSPS) is 39.8. The van der Waals surface area contributed by atoms with Gasteiger partial charge in [-0.3, -0.25) is 9.59 Å². The van der Waals surface area contributed by atoms with Crippen molar-refractivity contribution in [1.82, 2.24) is 9.80 Å². The number of nitrogens with two attached hydrogens (primary N) is 1. The van der Waals surface area contributed by atoms with E-state index in [1.807, 2.05) is 36.4 Å². The second-order valence-corrected chi connectivity index (χ2v) is 15.9. The topological polar surface area (TPSA) is 86.9 Å². The number of carbonyl (C=O) groups excluding carboxylic acids is 2. The Morgan fingerprint density at radius 3 is 1.75 bits per heavy atom. The lowest BCUT2D eigenvalue weighted by Crippen LogP contribution is -2.65. The van der Waals surface area contributed by atoms with Crippen LogP contribution in [0.25, 0.3) is 0 Å². The number of aliphatic hydroxyl groups is 1. The van der Waals surface area contributed by atoms with Crippen molar-refractivity contribution in [2.75, 3.05) is 5.73 Å². The van der Waals surface area contributed by atoms with Gasteiger partial charge in [-0.1, -0.05) is 39.1 Å². The van der Waals surface area contributed by atoms with Crippen molar-refractivity contribution < 1.29 is 14.7 Å². The van der Waals surface area contributed by atoms with E-state index in [2.05, 4.69) is 15.9 Å². The van der Waals surface area contributed by atoms with E-state index in [0.29, 0.717) is 11.8 Å². The van der Waals surface area contributed by atoms with Crippen LogP contribution >= 0.6 is 0 Å². The molecule has 236 valence electrons. The van der Waals surface area contributed by atoms with E-state index < -0.39 is 5.60 Å². The van der Waals surface area contributed by atoms with Crippen molar-refractivity contribution in [3.05, 3.63) is 64.7 Å². The molecule has 2 amide bonds. The maximum absolute atomic E-state index is 12.9. The summed E-state index contributed by atoms with van der Waals surface area (Å²) in [4.78, 5) is 30.1. The maximum atomic E-state index is 12.9. The number of nitrogen functional groups attached to an aromatic ring is 1. The fraction of sp³-hybridized carbons (Fsp3) is 0.632. The highest BCUT2D eigenvalue weighted by molar-refractivity contribution is 6.00. The third-order valence-corrected chi connectivity index (χ3v) is 13.0. The molecule has 0 saturated heterocycles. The molecule has 3 N–H and O–H groups in total. The summed E-state index contributed by atoms with van der Waals surface area (Å²) in [5.41, 5.74) is 10.4. The molecule has 2 heterocycles. The largest absolute Gasteiger partial charge is 0.398 e. The van der Waals surface area contributed by atoms with E-state index in [9.17, 15) is 14.7 Å². The minimum atomic E-state index is -0.501. The van der Waals surface area contributed by atoms with Gasteiger partial charge in [0.05, 0.1) is 5.60 Å². The van der Waals surface area contributed by atoms with Crippen molar-refractivity contribution in [3.8, 4) is 0 Å². The van der Waals surface area contributed by atoms with E-state index in [0.717, 1.165) is 90.9 Å². The SMILES string of the molecule is C.C.Nc1cccc2c1CN(C13CC4CC(CC(C4)C1)C3)C2=O.O=C1c2ccccc2CN1C12CC3CC(CC(O)(C3)C1)C2. The Morgan fingerprint density at radius 1 is 0.636 bits per heavy atom. The maximum Gasteiger partial charge on any atom is 0.255 e. The fourth-order valence-corrected chi connectivity index (χ4v) is 12.3. The summed E-state index contributed by atoms with van der Waals surface area (Å²) in [5.74, 6) is 4.26. The molecule has 44 heavy (non-hydrogen) atoms. The number of anilines is 1. The van der Waals surface area contributed by atoms with Crippen LogP contribution in [0.4, 0.5) is 5.69 Å². The Kier molecular flexibility index (Phi) is 6.83. The van der Waals surface area contributed by atoms with Crippen LogP contribution in [0.2, 0.25) is 0 Å². The monoisotopic (exact) mass is 597 g/mol. The highest BCUT2D eigenvalue weighted by Crippen LogP contribution is 2.61. The minimum Gasteiger partial charge on any atom is -0.398 e. The molecular formula is C38H51N3O3. The van der Waals surface area contributed by atoms with Gasteiger partial charge in [0.1, 0.15) is 0 Å². The number of carbonyl (C=O) groups is 2. The average molecular weight is 598 g/mol. The van der Waals surface area contributed by atoms with E-state index >= 15 is 0 Å². The zero-order valence-electron chi connectivity index (χ0n) is 24.6. The van der Waals surface area contributed by atoms with Gasteiger partial charge in [0, 0.05) is 46.5 Å². The highest BCUT2D eigenvalue weighted by Gasteiger charge is 2.61. The second-order valence-electron chi connectivity index (χ2n) is 15.9. The first kappa shape index (κ1) is 29.8. The smallest absolute Gasteiger partial charge is 0.255 e. The van der Waals surface area contributed by atoms with Gasteiger partial charge in [-0.25, -0.2) is 0 Å². The first-order valence-electron chi connectivity index (χ1n) is 16.5. The molecule has 12 rings (SSSR count). The molecule has 2 aromatic carbocycles. The molecule has 6 heteroatoms. The Labute approximate surface area is 263 Å². The van der Waals surface area contributed by atoms with Gasteiger partial charge in [-0.05, 0) is 130 Å². The Bertz CT molecular complexity index is 1450. The summed E-state index contributed by atoms with van der Waals surface area (Å²) in [6.07, 6.45) is 14.1. The molecule has 8 bridgehead atoms. The standard InChI is InChI=1S/C18H22N2O.C18H21NO2.2CH4/c19-16-3-1-2-14-15(16)10-20(17(14)21)18-7-11-4-12(8-18)6-13(5-11)9-18;20-16-15-4-2-1-3-14(15)10-19(16)17-6-12-5-13(7-17)9-18(21,8-12)11-17;;/h1-3,11-13H,4-10,19H2;1-4,12-13,21H,5-11H2;2*1H4. The quantitative estimate of drug-likeness (QED) is 0.359. The van der Waals surface area contributed by atoms with Crippen LogP contribution in [0.5, 0.6) is 0 Å². The third kappa shape index (κ3) is 4.29. The predicted octanol–water partition coefficient (Wildman–Crippen LogP) is 7.19. The summed E-state index contributed by atoms with van der Waals surface area (Å²) < 4.78 is 0. The summed E-state index contributed by atoms with van der Waals surface area (Å²) in [6.45, 7) is 1.48. The molecule has 10 aliphatic rings. The molecule has 2 atom stereocenters. The van der Waals surface area contributed by atoms with Gasteiger partial charge >= 0.3 is 0 Å². The predicted molar refractivity (Wildman–Crippen MR) is 174 cm³/mol. The Balaban J connectivity index is 0.000000136. The molecular weight excluding hydrogens is 546 g/mol. The van der Waals surface area contributed by atoms with Crippen molar-refractivity contribution >= 4 is 17.5 Å². The van der Waals surface area contributed by atoms with Crippen molar-refractivity contribution in [3.63, 3.8) is 0 Å². The molecule has 8 fully saturated rings. The van der Waals surface area contributed by atoms with Crippen molar-refractivity contribution in [2.24, 2.45) is 29.6 Å². The molecule has 8 aliphatic carbocycles. The van der Waals surface area contributed by atoms with Crippen molar-refractivity contribution in [1.29, 1.82) is 0 Å². The summed E-state index contributed by atoms with van der Waals surface area (Å²) in [7, 11) is 0. The van der Waals surface area contributed by atoms with Crippen LogP contribution in [-0.4, -0.2) is 43.4 Å². The lowest BCUT2D eigenvalue weighted by atomic mass is 9.50. The van der Waals surface area contributed by atoms with Gasteiger partial charge in [0.15, 0.2) is 0 Å². The first-order valence-corrected chi connectivity index (χ1v) is 16.5. The second kappa shape index (κ2) is 10.1. The number of fused-ring (bicyclic) bond motifs is 2. The molecule has 0 spiro atoms. The van der Waals surface area contributed by atoms with Crippen LogP contribution in [0, 0.1) is 29.6 Å². The van der Waals surface area contributed by atoms with Gasteiger partial charge in [-0.15, -0.1) is 0 Å². The molecule has 0 aromatic heterocycles. The van der Waals surface area contributed by atoms with E-state index in [-0.39, 0.29) is 37.7 Å². The molecule has 2 aromatic rings. The van der Waals surface area contributed by atoms with Crippen LogP contribution < -0.4 is 5.73 Å². The highest BCUT2D eigenvalue weighted by atomic mass is 16.3. The summed E-state index contributed by atoms with van der Waals surface area (Å²) >= 11 is 0. The van der Waals surface area contributed by atoms with Crippen LogP contribution in [0.3, 0.4) is 0 Å². The summed E-state index contributed by atoms with van der Waals surface area (Å²) in [5, 5.41) is 10.9. The van der Waals surface area contributed by atoms with Crippen molar-refractivity contribution in [2.45, 2.75) is 122 Å². The minimum absolute atomic E-state index is 0. The van der Waals surface area contributed by atoms with E-state index in [4.69, 9.17) is 5.73 Å². The van der Waals surface area contributed by atoms with Crippen LogP contribution in [-0.2, 0) is 13.1 Å². The zero-order chi connectivity index (χ0) is 28.4. The third-order valence-electron chi connectivity index (χ3n) is 13.0. The number of rotatable bonds is 2. The van der Waals surface area contributed by atoms with E-state index in [1.54, 1.807) is 0 Å². The summed E-state index contributed by atoms with van der Waals surface area (Å²) in [6, 6.07) is 13.8. The van der Waals surface area contributed by atoms with Gasteiger partial charge < -0.3 is 20.6 Å². The molecule has 0 radical (unpaired) electrons. The fourth-order valence-electron chi connectivity index (χ4n) is 12.3. The number of hydrogen-bond donors (Lipinski definition) is 2. The number of hydrogen-bond acceptors (Lipinski definition) is 4. The number of amides is 2.